The molecule has 30 heavy (non-hydrogen) atoms. The highest BCUT2D eigenvalue weighted by Crippen LogP contribution is 2.25. The second kappa shape index (κ2) is 20.4. The van der Waals surface area contributed by atoms with Crippen molar-refractivity contribution in [3.63, 3.8) is 0 Å². The number of carbonyl (C=O) groups is 1. The zero-order valence-electron chi connectivity index (χ0n) is 20.8. The molecule has 180 valence electrons. The summed E-state index contributed by atoms with van der Waals surface area (Å²) in [7, 11) is 0. The Bertz CT molecular complexity index is 421. The van der Waals surface area contributed by atoms with Gasteiger partial charge in [-0.15, -0.1) is 12.4 Å². The quantitative estimate of drug-likeness (QED) is 0.0882. The first-order chi connectivity index (χ1) is 13.9. The number of nitrogens with one attached hydrogen (secondary N) is 1. The van der Waals surface area contributed by atoms with Crippen LogP contribution in [0.4, 0.5) is 0 Å². The summed E-state index contributed by atoms with van der Waals surface area (Å²) in [5.41, 5.74) is 0.515. The van der Waals surface area contributed by atoms with E-state index in [-0.39, 0.29) is 30.1 Å². The summed E-state index contributed by atoms with van der Waals surface area (Å²) < 4.78 is 5.44. The molecule has 3 nitrogen and oxygen atoms in total. The summed E-state index contributed by atoms with van der Waals surface area (Å²) >= 11 is 0. The van der Waals surface area contributed by atoms with Gasteiger partial charge in [0.25, 0.3) is 0 Å². The van der Waals surface area contributed by atoms with Crippen molar-refractivity contribution >= 4 is 18.4 Å². The van der Waals surface area contributed by atoms with E-state index in [1.807, 2.05) is 6.92 Å². The third kappa shape index (κ3) is 16.2. The van der Waals surface area contributed by atoms with Crippen LogP contribution < -0.4 is 5.32 Å². The Morgan fingerprint density at radius 1 is 0.833 bits per heavy atom. The van der Waals surface area contributed by atoms with Gasteiger partial charge in [0.05, 0.1) is 0 Å². The minimum atomic E-state index is -0.313. The van der Waals surface area contributed by atoms with Gasteiger partial charge < -0.3 is 4.74 Å². The topological polar surface area (TPSA) is 38.3 Å². The molecule has 0 aromatic carbocycles. The monoisotopic (exact) mass is 445 g/mol. The minimum absolute atomic E-state index is 0. The molecular formula is C26H52ClNO2. The summed E-state index contributed by atoms with van der Waals surface area (Å²) in [5.74, 6) is -0.313. The largest absolute Gasteiger partial charge is 0.444 e. The van der Waals surface area contributed by atoms with E-state index in [0.29, 0.717) is 5.57 Å². The molecule has 0 saturated carbocycles. The lowest BCUT2D eigenvalue weighted by molar-refractivity contribution is -0.146. The van der Waals surface area contributed by atoms with Crippen molar-refractivity contribution in [1.82, 2.24) is 5.32 Å². The van der Waals surface area contributed by atoms with E-state index in [4.69, 9.17) is 4.74 Å². The van der Waals surface area contributed by atoms with Gasteiger partial charge in [-0.2, -0.15) is 0 Å². The van der Waals surface area contributed by atoms with Gasteiger partial charge in [-0.3, -0.25) is 5.32 Å². The van der Waals surface area contributed by atoms with E-state index in [2.05, 4.69) is 32.7 Å². The maximum atomic E-state index is 11.7. The number of hydrogen-bond donors (Lipinski definition) is 1. The molecule has 1 N–H and O–H groups in total. The Labute approximate surface area is 194 Å². The molecule has 1 atom stereocenters. The van der Waals surface area contributed by atoms with Gasteiger partial charge in [0.1, 0.15) is 0 Å². The van der Waals surface area contributed by atoms with Gasteiger partial charge in [0.2, 0.25) is 0 Å². The maximum absolute atomic E-state index is 11.7. The molecule has 0 fully saturated rings. The highest BCUT2D eigenvalue weighted by Gasteiger charge is 2.28. The Balaban J connectivity index is 0. The fourth-order valence-corrected chi connectivity index (χ4v) is 4.08. The maximum Gasteiger partial charge on any atom is 0.334 e. The number of ether oxygens (including phenoxy) is 1. The minimum Gasteiger partial charge on any atom is -0.444 e. The number of rotatable bonds is 20. The van der Waals surface area contributed by atoms with Crippen LogP contribution in [0.1, 0.15) is 137 Å². The van der Waals surface area contributed by atoms with E-state index < -0.39 is 0 Å². The first-order valence-corrected chi connectivity index (χ1v) is 12.5. The third-order valence-electron chi connectivity index (χ3n) is 6.25. The molecule has 0 aliphatic heterocycles. The lowest BCUT2D eigenvalue weighted by atomic mass is 9.86. The van der Waals surface area contributed by atoms with Crippen LogP contribution in [0.5, 0.6) is 0 Å². The smallest absolute Gasteiger partial charge is 0.334 e. The molecular weight excluding hydrogens is 394 g/mol. The van der Waals surface area contributed by atoms with Crippen LogP contribution in [0.25, 0.3) is 0 Å². The third-order valence-corrected chi connectivity index (χ3v) is 6.25. The number of hydrogen-bond acceptors (Lipinski definition) is 3. The molecule has 0 bridgehead atoms. The van der Waals surface area contributed by atoms with Crippen LogP contribution in [0.2, 0.25) is 0 Å². The predicted molar refractivity (Wildman–Crippen MR) is 134 cm³/mol. The van der Waals surface area contributed by atoms with Crippen molar-refractivity contribution < 1.29 is 9.53 Å². The van der Waals surface area contributed by atoms with Crippen molar-refractivity contribution in [2.24, 2.45) is 0 Å². The number of halogens is 1. The van der Waals surface area contributed by atoms with E-state index in [1.165, 1.54) is 83.5 Å². The second-order valence-electron chi connectivity index (χ2n) is 8.95. The zero-order valence-corrected chi connectivity index (χ0v) is 21.6. The zero-order chi connectivity index (χ0) is 22.0. The van der Waals surface area contributed by atoms with Crippen LogP contribution in [0.3, 0.4) is 0 Å². The standard InChI is InChI=1S/C26H51NO2.ClH/c1-7-10-11-12-13-14-15-16-17-18-19-20-21-22-26(8-2,9-3)27-24(6)29-25(28)23(4)5;/h24,27H,4,7-22H2,1-3,5-6H3;1H. The van der Waals surface area contributed by atoms with Gasteiger partial charge in [-0.25, -0.2) is 4.79 Å². The van der Waals surface area contributed by atoms with Crippen molar-refractivity contribution in [1.29, 1.82) is 0 Å². The Kier molecular flexibility index (Phi) is 21.5. The summed E-state index contributed by atoms with van der Waals surface area (Å²) in [6, 6.07) is 0. The van der Waals surface area contributed by atoms with Crippen molar-refractivity contribution in [3.8, 4) is 0 Å². The summed E-state index contributed by atoms with van der Waals surface area (Å²) in [6.07, 6.45) is 21.0. The SMILES string of the molecule is C=C(C)C(=O)OC(C)NC(CC)(CC)CCCCCCCCCCCCCCC.Cl. The fourth-order valence-electron chi connectivity index (χ4n) is 4.08. The van der Waals surface area contributed by atoms with Crippen molar-refractivity contribution in [3.05, 3.63) is 12.2 Å². The highest BCUT2D eigenvalue weighted by atomic mass is 35.5. The molecule has 4 heteroatoms. The summed E-state index contributed by atoms with van der Waals surface area (Å²) in [4.78, 5) is 11.7. The van der Waals surface area contributed by atoms with Crippen LogP contribution in [-0.2, 0) is 9.53 Å². The van der Waals surface area contributed by atoms with Gasteiger partial charge in [-0.1, -0.05) is 111 Å². The van der Waals surface area contributed by atoms with Crippen LogP contribution in [-0.4, -0.2) is 17.7 Å². The normalized spacial score (nSPS) is 12.3. The van der Waals surface area contributed by atoms with Gasteiger partial charge >= 0.3 is 5.97 Å². The van der Waals surface area contributed by atoms with Crippen molar-refractivity contribution in [2.45, 2.75) is 149 Å². The van der Waals surface area contributed by atoms with E-state index >= 15 is 0 Å². The van der Waals surface area contributed by atoms with Gasteiger partial charge in [0, 0.05) is 11.1 Å². The van der Waals surface area contributed by atoms with Gasteiger partial charge in [0.15, 0.2) is 6.23 Å². The van der Waals surface area contributed by atoms with Crippen LogP contribution in [0.15, 0.2) is 12.2 Å². The highest BCUT2D eigenvalue weighted by molar-refractivity contribution is 5.87. The van der Waals surface area contributed by atoms with Crippen molar-refractivity contribution in [2.75, 3.05) is 0 Å². The number of carbonyl (C=O) groups excluding carboxylic acids is 1. The van der Waals surface area contributed by atoms with Crippen LogP contribution in [0, 0.1) is 0 Å². The van der Waals surface area contributed by atoms with Crippen LogP contribution >= 0.6 is 12.4 Å². The second-order valence-corrected chi connectivity index (χ2v) is 8.95. The summed E-state index contributed by atoms with van der Waals surface area (Å²) in [5, 5.41) is 3.57. The molecule has 0 radical (unpaired) electrons. The average molecular weight is 446 g/mol. The Hall–Kier alpha value is -0.540. The van der Waals surface area contributed by atoms with E-state index in [0.717, 1.165) is 19.3 Å². The Morgan fingerprint density at radius 2 is 1.23 bits per heavy atom. The molecule has 0 aliphatic rings. The molecule has 0 amide bonds. The average Bonchev–Trinajstić information content (AvgIpc) is 2.70. The van der Waals surface area contributed by atoms with E-state index in [1.54, 1.807) is 6.92 Å². The molecule has 0 heterocycles. The lowest BCUT2D eigenvalue weighted by Gasteiger charge is -2.36. The summed E-state index contributed by atoms with van der Waals surface area (Å²) in [6.45, 7) is 14.0. The number of esters is 1. The molecule has 0 aromatic rings. The first kappa shape index (κ1) is 31.6. The molecule has 0 rings (SSSR count). The molecule has 0 aliphatic carbocycles. The molecule has 0 spiro atoms. The van der Waals surface area contributed by atoms with Gasteiger partial charge in [-0.05, 0) is 33.1 Å². The first-order valence-electron chi connectivity index (χ1n) is 12.5. The fraction of sp³-hybridized carbons (Fsp3) is 0.885. The molecule has 0 aromatic heterocycles. The lowest BCUT2D eigenvalue weighted by Crippen LogP contribution is -2.50. The molecule has 1 unspecified atom stereocenters. The predicted octanol–water partition coefficient (Wildman–Crippen LogP) is 8.50. The van der Waals surface area contributed by atoms with E-state index in [9.17, 15) is 4.79 Å². The Morgan fingerprint density at radius 3 is 1.60 bits per heavy atom. The number of unbranched alkanes of at least 4 members (excludes halogenated alkanes) is 12. The molecule has 0 saturated heterocycles.